The van der Waals surface area contributed by atoms with Gasteiger partial charge in [-0.2, -0.15) is 0 Å². The smallest absolute Gasteiger partial charge is 0.107 e. The Morgan fingerprint density at radius 1 is 0.857 bits per heavy atom. The van der Waals surface area contributed by atoms with Crippen LogP contribution in [-0.4, -0.2) is 5.88 Å². The van der Waals surface area contributed by atoms with Crippen LogP contribution in [0.2, 0.25) is 0 Å². The number of hydrogen-bond donors (Lipinski definition) is 0. The van der Waals surface area contributed by atoms with E-state index in [1.807, 2.05) is 0 Å². The summed E-state index contributed by atoms with van der Waals surface area (Å²) in [5.41, 5.74) is 1.35. The lowest BCUT2D eigenvalue weighted by Gasteiger charge is -2.01. The van der Waals surface area contributed by atoms with Gasteiger partial charge in [0, 0.05) is 18.7 Å². The highest BCUT2D eigenvalue weighted by Gasteiger charge is 2.07. The maximum atomic E-state index is 6.01. The molecule has 21 heavy (non-hydrogen) atoms. The quantitative estimate of drug-likeness (QED) is 0.287. The Labute approximate surface area is 136 Å². The lowest BCUT2D eigenvalue weighted by molar-refractivity contribution is 0.445. The van der Waals surface area contributed by atoms with Gasteiger partial charge < -0.3 is 4.42 Å². The molecule has 2 heteroatoms. The molecule has 122 valence electrons. The summed E-state index contributed by atoms with van der Waals surface area (Å²) >= 11 is 5.68. The Balaban J connectivity index is 2.11. The van der Waals surface area contributed by atoms with E-state index in [2.05, 4.69) is 19.9 Å². The van der Waals surface area contributed by atoms with Gasteiger partial charge in [-0.05, 0) is 37.8 Å². The van der Waals surface area contributed by atoms with Crippen molar-refractivity contribution in [1.29, 1.82) is 0 Å². The molecular formula is C19H33ClO. The van der Waals surface area contributed by atoms with E-state index >= 15 is 0 Å². The number of furan rings is 1. The molecule has 0 unspecified atom stereocenters. The van der Waals surface area contributed by atoms with Gasteiger partial charge in [0.2, 0.25) is 0 Å². The van der Waals surface area contributed by atoms with Crippen molar-refractivity contribution in [3.8, 4) is 0 Å². The molecule has 0 atom stereocenters. The molecule has 0 saturated carbocycles. The molecule has 1 heterocycles. The SMILES string of the molecule is CCCCCc1cc(C)c(CCCCCCCCCCl)o1. The van der Waals surface area contributed by atoms with Crippen molar-refractivity contribution in [1.82, 2.24) is 0 Å². The van der Waals surface area contributed by atoms with Crippen LogP contribution >= 0.6 is 11.6 Å². The van der Waals surface area contributed by atoms with Crippen molar-refractivity contribution >= 4 is 11.6 Å². The van der Waals surface area contributed by atoms with Crippen molar-refractivity contribution in [2.45, 2.75) is 90.9 Å². The van der Waals surface area contributed by atoms with Gasteiger partial charge in [-0.25, -0.2) is 0 Å². The third kappa shape index (κ3) is 8.56. The van der Waals surface area contributed by atoms with Crippen molar-refractivity contribution in [3.05, 3.63) is 23.2 Å². The van der Waals surface area contributed by atoms with E-state index in [-0.39, 0.29) is 0 Å². The van der Waals surface area contributed by atoms with Gasteiger partial charge in [0.25, 0.3) is 0 Å². The van der Waals surface area contributed by atoms with Crippen LogP contribution < -0.4 is 0 Å². The standard InChI is InChI=1S/C19H33ClO/c1-3-4-10-13-18-16-17(2)19(21-18)14-11-8-6-5-7-9-12-15-20/h16H,3-15H2,1-2H3. The Morgan fingerprint density at radius 3 is 2.14 bits per heavy atom. The molecule has 1 aromatic rings. The predicted octanol–water partition coefficient (Wildman–Crippen LogP) is 6.83. The number of alkyl halides is 1. The predicted molar refractivity (Wildman–Crippen MR) is 93.4 cm³/mol. The van der Waals surface area contributed by atoms with Gasteiger partial charge in [0.1, 0.15) is 11.5 Å². The first-order valence-electron chi connectivity index (χ1n) is 8.92. The van der Waals surface area contributed by atoms with Crippen LogP contribution in [0.25, 0.3) is 0 Å². The summed E-state index contributed by atoms with van der Waals surface area (Å²) in [5, 5.41) is 0. The molecule has 1 aromatic heterocycles. The maximum Gasteiger partial charge on any atom is 0.107 e. The molecule has 0 aliphatic heterocycles. The molecule has 1 rings (SSSR count). The number of halogens is 1. The molecule has 0 bridgehead atoms. The van der Waals surface area contributed by atoms with E-state index in [1.165, 1.54) is 81.3 Å². The molecule has 0 aliphatic carbocycles. The minimum atomic E-state index is 0.818. The number of aryl methyl sites for hydroxylation is 3. The van der Waals surface area contributed by atoms with Crippen LogP contribution in [0, 0.1) is 6.92 Å². The Kier molecular flexibility index (Phi) is 10.8. The van der Waals surface area contributed by atoms with Crippen molar-refractivity contribution in [2.24, 2.45) is 0 Å². The first-order valence-corrected chi connectivity index (χ1v) is 9.45. The molecule has 0 spiro atoms. The van der Waals surface area contributed by atoms with E-state index in [0.29, 0.717) is 0 Å². The van der Waals surface area contributed by atoms with Gasteiger partial charge >= 0.3 is 0 Å². The summed E-state index contributed by atoms with van der Waals surface area (Å²) in [4.78, 5) is 0. The highest BCUT2D eigenvalue weighted by molar-refractivity contribution is 6.17. The number of hydrogen-bond acceptors (Lipinski definition) is 1. The zero-order valence-electron chi connectivity index (χ0n) is 14.1. The van der Waals surface area contributed by atoms with Crippen LogP contribution in [0.4, 0.5) is 0 Å². The van der Waals surface area contributed by atoms with Crippen molar-refractivity contribution in [2.75, 3.05) is 5.88 Å². The fourth-order valence-corrected chi connectivity index (χ4v) is 2.96. The van der Waals surface area contributed by atoms with Crippen molar-refractivity contribution < 1.29 is 4.42 Å². The fraction of sp³-hybridized carbons (Fsp3) is 0.789. The molecule has 0 amide bonds. The third-order valence-electron chi connectivity index (χ3n) is 4.14. The van der Waals surface area contributed by atoms with Gasteiger partial charge in [0.15, 0.2) is 0 Å². The first kappa shape index (κ1) is 18.6. The largest absolute Gasteiger partial charge is 0.466 e. The fourth-order valence-electron chi connectivity index (χ4n) is 2.77. The van der Waals surface area contributed by atoms with Crippen LogP contribution in [0.15, 0.2) is 10.5 Å². The molecule has 1 nitrogen and oxygen atoms in total. The minimum absolute atomic E-state index is 0.818. The minimum Gasteiger partial charge on any atom is -0.466 e. The first-order chi connectivity index (χ1) is 10.3. The summed E-state index contributed by atoms with van der Waals surface area (Å²) in [6.45, 7) is 4.43. The van der Waals surface area contributed by atoms with E-state index < -0.39 is 0 Å². The van der Waals surface area contributed by atoms with Crippen LogP contribution in [-0.2, 0) is 12.8 Å². The molecule has 0 saturated heterocycles. The lowest BCUT2D eigenvalue weighted by atomic mass is 10.1. The average Bonchev–Trinajstić information content (AvgIpc) is 2.82. The van der Waals surface area contributed by atoms with Gasteiger partial charge in [-0.3, -0.25) is 0 Å². The summed E-state index contributed by atoms with van der Waals surface area (Å²) in [6, 6.07) is 2.25. The van der Waals surface area contributed by atoms with E-state index in [9.17, 15) is 0 Å². The zero-order valence-corrected chi connectivity index (χ0v) is 14.8. The topological polar surface area (TPSA) is 13.1 Å². The molecule has 0 fully saturated rings. The average molecular weight is 313 g/mol. The van der Waals surface area contributed by atoms with Crippen molar-refractivity contribution in [3.63, 3.8) is 0 Å². The van der Waals surface area contributed by atoms with E-state index in [1.54, 1.807) is 0 Å². The maximum absolute atomic E-state index is 6.01. The molecular weight excluding hydrogens is 280 g/mol. The third-order valence-corrected chi connectivity index (χ3v) is 4.40. The molecule has 0 radical (unpaired) electrons. The van der Waals surface area contributed by atoms with E-state index in [0.717, 1.165) is 18.7 Å². The summed E-state index contributed by atoms with van der Waals surface area (Å²) in [5.74, 6) is 3.24. The van der Waals surface area contributed by atoms with E-state index in [4.69, 9.17) is 16.0 Å². The Bertz CT molecular complexity index is 356. The highest BCUT2D eigenvalue weighted by atomic mass is 35.5. The van der Waals surface area contributed by atoms with Crippen LogP contribution in [0.5, 0.6) is 0 Å². The number of rotatable bonds is 13. The highest BCUT2D eigenvalue weighted by Crippen LogP contribution is 2.19. The lowest BCUT2D eigenvalue weighted by Crippen LogP contribution is -1.87. The second-order valence-corrected chi connectivity index (χ2v) is 6.57. The molecule has 0 N–H and O–H groups in total. The second kappa shape index (κ2) is 12.1. The van der Waals surface area contributed by atoms with Crippen LogP contribution in [0.3, 0.4) is 0 Å². The Morgan fingerprint density at radius 2 is 1.48 bits per heavy atom. The second-order valence-electron chi connectivity index (χ2n) is 6.19. The molecule has 0 aromatic carbocycles. The van der Waals surface area contributed by atoms with Gasteiger partial charge in [-0.1, -0.05) is 51.9 Å². The monoisotopic (exact) mass is 312 g/mol. The van der Waals surface area contributed by atoms with Gasteiger partial charge in [0.05, 0.1) is 0 Å². The number of unbranched alkanes of at least 4 members (excludes halogenated alkanes) is 8. The summed E-state index contributed by atoms with van der Waals surface area (Å²) in [6.07, 6.45) is 15.2. The zero-order chi connectivity index (χ0) is 15.3. The summed E-state index contributed by atoms with van der Waals surface area (Å²) in [7, 11) is 0. The summed E-state index contributed by atoms with van der Waals surface area (Å²) < 4.78 is 6.01. The molecule has 0 aliphatic rings. The normalized spacial score (nSPS) is 11.2. The van der Waals surface area contributed by atoms with Gasteiger partial charge in [-0.15, -0.1) is 11.6 Å². The Hall–Kier alpha value is -0.430. The van der Waals surface area contributed by atoms with Crippen LogP contribution in [0.1, 0.15) is 88.2 Å².